The van der Waals surface area contributed by atoms with Crippen molar-refractivity contribution in [3.05, 3.63) is 0 Å². The standard InChI is InChI=1S/C16H27NO4/c1-16(2,3)21-15(19)17-12-6-7-13(17)10-11(9-12)5-8-14(18)20-4/h11-13H,5-10H2,1-4H3. The molecule has 2 aliphatic rings. The lowest BCUT2D eigenvalue weighted by molar-refractivity contribution is -0.141. The highest BCUT2D eigenvalue weighted by Gasteiger charge is 2.44. The minimum absolute atomic E-state index is 0.142. The molecular weight excluding hydrogens is 270 g/mol. The Bertz CT molecular complexity index is 388. The van der Waals surface area contributed by atoms with Gasteiger partial charge in [-0.05, 0) is 58.8 Å². The van der Waals surface area contributed by atoms with Crippen molar-refractivity contribution in [3.8, 4) is 0 Å². The number of nitrogens with zero attached hydrogens (tertiary/aromatic N) is 1. The molecule has 120 valence electrons. The van der Waals surface area contributed by atoms with Crippen molar-refractivity contribution >= 4 is 12.1 Å². The summed E-state index contributed by atoms with van der Waals surface area (Å²) < 4.78 is 10.2. The normalized spacial score (nSPS) is 28.4. The predicted octanol–water partition coefficient (Wildman–Crippen LogP) is 3.12. The van der Waals surface area contributed by atoms with Crippen LogP contribution in [0.1, 0.15) is 59.3 Å². The summed E-state index contributed by atoms with van der Waals surface area (Å²) in [5, 5.41) is 0. The molecule has 2 aliphatic heterocycles. The fourth-order valence-corrected chi connectivity index (χ4v) is 3.56. The van der Waals surface area contributed by atoms with E-state index < -0.39 is 5.60 Å². The molecule has 0 aromatic carbocycles. The second kappa shape index (κ2) is 6.24. The Kier molecular flexibility index (Phi) is 4.79. The van der Waals surface area contributed by atoms with Gasteiger partial charge in [0.2, 0.25) is 0 Å². The van der Waals surface area contributed by atoms with E-state index in [1.165, 1.54) is 7.11 Å². The van der Waals surface area contributed by atoms with Gasteiger partial charge in [-0.1, -0.05) is 0 Å². The van der Waals surface area contributed by atoms with E-state index in [2.05, 4.69) is 0 Å². The van der Waals surface area contributed by atoms with Crippen molar-refractivity contribution in [1.82, 2.24) is 4.90 Å². The summed E-state index contributed by atoms with van der Waals surface area (Å²) in [5.41, 5.74) is -0.446. The van der Waals surface area contributed by atoms with Gasteiger partial charge in [0.25, 0.3) is 0 Å². The lowest BCUT2D eigenvalue weighted by Gasteiger charge is -2.39. The number of methoxy groups -OCH3 is 1. The number of esters is 1. The molecule has 2 rings (SSSR count). The molecule has 0 radical (unpaired) electrons. The van der Waals surface area contributed by atoms with Crippen molar-refractivity contribution in [2.24, 2.45) is 5.92 Å². The molecule has 0 aliphatic carbocycles. The number of hydrogen-bond donors (Lipinski definition) is 0. The molecule has 5 heteroatoms. The highest BCUT2D eigenvalue weighted by molar-refractivity contribution is 5.70. The molecule has 1 amide bonds. The monoisotopic (exact) mass is 297 g/mol. The molecule has 0 aromatic heterocycles. The summed E-state index contributed by atoms with van der Waals surface area (Å²) in [6.45, 7) is 5.70. The van der Waals surface area contributed by atoms with Crippen molar-refractivity contribution < 1.29 is 19.1 Å². The van der Waals surface area contributed by atoms with Crippen LogP contribution in [-0.2, 0) is 14.3 Å². The first-order valence-corrected chi connectivity index (χ1v) is 7.88. The average molecular weight is 297 g/mol. The molecule has 5 nitrogen and oxygen atoms in total. The van der Waals surface area contributed by atoms with Gasteiger partial charge < -0.3 is 14.4 Å². The van der Waals surface area contributed by atoms with E-state index in [0.717, 1.165) is 32.1 Å². The topological polar surface area (TPSA) is 55.8 Å². The number of rotatable bonds is 3. The number of amides is 1. The Balaban J connectivity index is 1.90. The molecule has 0 N–H and O–H groups in total. The van der Waals surface area contributed by atoms with E-state index in [0.29, 0.717) is 12.3 Å². The molecule has 2 unspecified atom stereocenters. The highest BCUT2D eigenvalue weighted by atomic mass is 16.6. The van der Waals surface area contributed by atoms with Gasteiger partial charge in [-0.15, -0.1) is 0 Å². The first-order valence-electron chi connectivity index (χ1n) is 7.88. The molecule has 2 atom stereocenters. The maximum atomic E-state index is 12.3. The second-order valence-electron chi connectivity index (χ2n) is 7.22. The zero-order valence-corrected chi connectivity index (χ0v) is 13.6. The van der Waals surface area contributed by atoms with Crippen LogP contribution in [0.5, 0.6) is 0 Å². The number of carbonyl (C=O) groups is 2. The van der Waals surface area contributed by atoms with Crippen LogP contribution in [0.4, 0.5) is 4.79 Å². The van der Waals surface area contributed by atoms with E-state index in [4.69, 9.17) is 9.47 Å². The Morgan fingerprint density at radius 1 is 1.14 bits per heavy atom. The molecule has 21 heavy (non-hydrogen) atoms. The van der Waals surface area contributed by atoms with Gasteiger partial charge in [-0.25, -0.2) is 4.79 Å². The van der Waals surface area contributed by atoms with Crippen LogP contribution in [0.25, 0.3) is 0 Å². The fourth-order valence-electron chi connectivity index (χ4n) is 3.56. The molecule has 0 spiro atoms. The van der Waals surface area contributed by atoms with Gasteiger partial charge in [0.15, 0.2) is 0 Å². The number of ether oxygens (including phenoxy) is 2. The van der Waals surface area contributed by atoms with Crippen LogP contribution in [0, 0.1) is 5.92 Å². The van der Waals surface area contributed by atoms with Crippen molar-refractivity contribution in [3.63, 3.8) is 0 Å². The van der Waals surface area contributed by atoms with Crippen LogP contribution in [0.15, 0.2) is 0 Å². The number of fused-ring (bicyclic) bond motifs is 2. The molecule has 2 saturated heterocycles. The summed E-state index contributed by atoms with van der Waals surface area (Å²) in [6, 6.07) is 0.558. The fraction of sp³-hybridized carbons (Fsp3) is 0.875. The third-order valence-electron chi connectivity index (χ3n) is 4.42. The van der Waals surface area contributed by atoms with E-state index in [9.17, 15) is 9.59 Å². The van der Waals surface area contributed by atoms with E-state index in [1.807, 2.05) is 25.7 Å². The molecule has 0 saturated carbocycles. The maximum absolute atomic E-state index is 12.3. The quantitative estimate of drug-likeness (QED) is 0.751. The summed E-state index contributed by atoms with van der Waals surface area (Å²) >= 11 is 0. The smallest absolute Gasteiger partial charge is 0.410 e. The number of piperidine rings is 1. The molecule has 2 heterocycles. The third-order valence-corrected chi connectivity index (χ3v) is 4.42. The van der Waals surface area contributed by atoms with Crippen molar-refractivity contribution in [2.45, 2.75) is 77.0 Å². The largest absolute Gasteiger partial charge is 0.469 e. The number of hydrogen-bond acceptors (Lipinski definition) is 4. The highest BCUT2D eigenvalue weighted by Crippen LogP contribution is 2.41. The Labute approximate surface area is 127 Å². The molecule has 0 aromatic rings. The van der Waals surface area contributed by atoms with Crippen LogP contribution in [0.3, 0.4) is 0 Å². The summed E-state index contributed by atoms with van der Waals surface area (Å²) in [7, 11) is 1.43. The van der Waals surface area contributed by atoms with Crippen molar-refractivity contribution in [2.75, 3.05) is 7.11 Å². The lowest BCUT2D eigenvalue weighted by atomic mass is 9.87. The van der Waals surface area contributed by atoms with E-state index >= 15 is 0 Å². The van der Waals surface area contributed by atoms with Crippen LogP contribution in [0.2, 0.25) is 0 Å². The van der Waals surface area contributed by atoms with Gasteiger partial charge >= 0.3 is 12.1 Å². The Morgan fingerprint density at radius 3 is 2.19 bits per heavy atom. The Morgan fingerprint density at radius 2 is 1.71 bits per heavy atom. The van der Waals surface area contributed by atoms with Gasteiger partial charge in [0, 0.05) is 18.5 Å². The van der Waals surface area contributed by atoms with Gasteiger partial charge in [0.05, 0.1) is 7.11 Å². The molecule has 2 bridgehead atoms. The van der Waals surface area contributed by atoms with Crippen molar-refractivity contribution in [1.29, 1.82) is 0 Å². The van der Waals surface area contributed by atoms with Gasteiger partial charge in [-0.2, -0.15) is 0 Å². The maximum Gasteiger partial charge on any atom is 0.410 e. The minimum atomic E-state index is -0.446. The van der Waals surface area contributed by atoms with Crippen LogP contribution in [-0.4, -0.2) is 41.8 Å². The first kappa shape index (κ1) is 16.1. The summed E-state index contributed by atoms with van der Waals surface area (Å²) in [6.07, 6.45) is 5.23. The van der Waals surface area contributed by atoms with Crippen LogP contribution >= 0.6 is 0 Å². The predicted molar refractivity (Wildman–Crippen MR) is 78.9 cm³/mol. The van der Waals surface area contributed by atoms with E-state index in [1.54, 1.807) is 0 Å². The molecule has 2 fully saturated rings. The third kappa shape index (κ3) is 4.11. The van der Waals surface area contributed by atoms with E-state index in [-0.39, 0.29) is 24.1 Å². The number of carbonyl (C=O) groups excluding carboxylic acids is 2. The van der Waals surface area contributed by atoms with Crippen LogP contribution < -0.4 is 0 Å². The lowest BCUT2D eigenvalue weighted by Crippen LogP contribution is -2.48. The minimum Gasteiger partial charge on any atom is -0.469 e. The van der Waals surface area contributed by atoms with Gasteiger partial charge in [0.1, 0.15) is 5.60 Å². The second-order valence-corrected chi connectivity index (χ2v) is 7.22. The van der Waals surface area contributed by atoms with Gasteiger partial charge in [-0.3, -0.25) is 4.79 Å². The summed E-state index contributed by atoms with van der Waals surface area (Å²) in [5.74, 6) is 0.372. The zero-order chi connectivity index (χ0) is 15.6. The SMILES string of the molecule is COC(=O)CCC1CC2CCC(C1)N2C(=O)OC(C)(C)C. The average Bonchev–Trinajstić information content (AvgIpc) is 2.65. The summed E-state index contributed by atoms with van der Waals surface area (Å²) in [4.78, 5) is 25.5. The Hall–Kier alpha value is -1.26. The zero-order valence-electron chi connectivity index (χ0n) is 13.6. The molecular formula is C16H27NO4. The first-order chi connectivity index (χ1) is 9.80.